The highest BCUT2D eigenvalue weighted by atomic mass is 16.5. The van der Waals surface area contributed by atoms with Gasteiger partial charge in [-0.3, -0.25) is 4.79 Å². The van der Waals surface area contributed by atoms with Crippen molar-refractivity contribution in [3.63, 3.8) is 0 Å². The number of carbonyl (C=O) groups is 2. The molecule has 19 heavy (non-hydrogen) atoms. The Morgan fingerprint density at radius 2 is 2.37 bits per heavy atom. The molecule has 2 heterocycles. The van der Waals surface area contributed by atoms with Gasteiger partial charge in [0.1, 0.15) is 6.04 Å². The lowest BCUT2D eigenvalue weighted by Crippen LogP contribution is -2.38. The van der Waals surface area contributed by atoms with Gasteiger partial charge in [-0.1, -0.05) is 0 Å². The van der Waals surface area contributed by atoms with Crippen molar-refractivity contribution >= 4 is 11.9 Å². The fourth-order valence-electron chi connectivity index (χ4n) is 2.64. The molecule has 0 aromatic carbocycles. The molecule has 6 nitrogen and oxygen atoms in total. The molecule has 1 aromatic rings. The second-order valence-electron chi connectivity index (χ2n) is 5.06. The molecule has 6 heteroatoms. The van der Waals surface area contributed by atoms with E-state index in [1.165, 1.54) is 0 Å². The number of nitrogens with zero attached hydrogens (tertiary/aromatic N) is 2. The fraction of sp³-hybridized carbons (Fsp3) is 0.615. The minimum atomic E-state index is -0.582. The largest absolute Gasteiger partial charge is 0.464 e. The van der Waals surface area contributed by atoms with Gasteiger partial charge in [-0.2, -0.15) is 0 Å². The first-order valence-electron chi connectivity index (χ1n) is 6.68. The van der Waals surface area contributed by atoms with Gasteiger partial charge in [-0.05, 0) is 19.8 Å². The Labute approximate surface area is 111 Å². The highest BCUT2D eigenvalue weighted by molar-refractivity contribution is 5.90. The van der Waals surface area contributed by atoms with Gasteiger partial charge in [-0.15, -0.1) is 0 Å². The summed E-state index contributed by atoms with van der Waals surface area (Å²) in [6.45, 7) is 2.08. The summed E-state index contributed by atoms with van der Waals surface area (Å²) >= 11 is 0. The van der Waals surface area contributed by atoms with Crippen LogP contribution in [0.4, 0.5) is 0 Å². The second kappa shape index (κ2) is 4.68. The topological polar surface area (TPSA) is 73.2 Å². The van der Waals surface area contributed by atoms with E-state index in [9.17, 15) is 9.59 Å². The van der Waals surface area contributed by atoms with E-state index in [-0.39, 0.29) is 17.8 Å². The van der Waals surface area contributed by atoms with Crippen molar-refractivity contribution in [1.82, 2.24) is 14.9 Å². The molecule has 1 aliphatic carbocycles. The van der Waals surface area contributed by atoms with E-state index in [4.69, 9.17) is 4.74 Å². The standard InChI is InChI=1S/C13H17N3O3/c1-2-19-13(18)12-9(5-11(17)15-12)10-6-14-7-16(10)8-3-4-8/h6-9,12H,2-5H2,1H3,(H,15,17). The maximum Gasteiger partial charge on any atom is 0.329 e. The molecule has 0 spiro atoms. The molecule has 2 atom stereocenters. The van der Waals surface area contributed by atoms with Gasteiger partial charge >= 0.3 is 5.97 Å². The van der Waals surface area contributed by atoms with Crippen LogP contribution in [0.15, 0.2) is 12.5 Å². The average Bonchev–Trinajstić information content (AvgIpc) is 2.98. The number of rotatable bonds is 4. The SMILES string of the molecule is CCOC(=O)C1NC(=O)CC1c1cncn1C1CC1. The molecule has 1 saturated heterocycles. The number of nitrogens with one attached hydrogen (secondary N) is 1. The molecule has 3 rings (SSSR count). The first kappa shape index (κ1) is 12.2. The van der Waals surface area contributed by atoms with Gasteiger partial charge in [0.25, 0.3) is 0 Å². The summed E-state index contributed by atoms with van der Waals surface area (Å²) in [7, 11) is 0. The van der Waals surface area contributed by atoms with Crippen molar-refractivity contribution in [2.75, 3.05) is 6.61 Å². The van der Waals surface area contributed by atoms with Crippen LogP contribution in [0.2, 0.25) is 0 Å². The molecule has 1 saturated carbocycles. The number of hydrogen-bond donors (Lipinski definition) is 1. The highest BCUT2D eigenvalue weighted by Crippen LogP contribution is 2.39. The van der Waals surface area contributed by atoms with Crippen LogP contribution in [0.25, 0.3) is 0 Å². The van der Waals surface area contributed by atoms with Gasteiger partial charge in [-0.25, -0.2) is 9.78 Å². The number of carbonyl (C=O) groups excluding carboxylic acids is 2. The highest BCUT2D eigenvalue weighted by Gasteiger charge is 2.42. The molecule has 102 valence electrons. The first-order valence-corrected chi connectivity index (χ1v) is 6.68. The third-order valence-electron chi connectivity index (χ3n) is 3.68. The number of imidazole rings is 1. The Hall–Kier alpha value is -1.85. The van der Waals surface area contributed by atoms with Gasteiger partial charge in [0.2, 0.25) is 5.91 Å². The maximum absolute atomic E-state index is 11.9. The Morgan fingerprint density at radius 3 is 3.05 bits per heavy atom. The van der Waals surface area contributed by atoms with E-state index in [0.29, 0.717) is 19.1 Å². The van der Waals surface area contributed by atoms with Crippen LogP contribution in [-0.4, -0.2) is 34.1 Å². The van der Waals surface area contributed by atoms with Crippen LogP contribution in [-0.2, 0) is 14.3 Å². The summed E-state index contributed by atoms with van der Waals surface area (Å²) in [6, 6.07) is -0.0994. The predicted octanol–water partition coefficient (Wildman–Crippen LogP) is 0.753. The summed E-state index contributed by atoms with van der Waals surface area (Å²) in [6.07, 6.45) is 6.15. The van der Waals surface area contributed by atoms with Crippen LogP contribution in [0.3, 0.4) is 0 Å². The lowest BCUT2D eigenvalue weighted by atomic mass is 9.97. The zero-order valence-electron chi connectivity index (χ0n) is 10.8. The average molecular weight is 263 g/mol. The molecule has 2 aliphatic rings. The van der Waals surface area contributed by atoms with Gasteiger partial charge in [0, 0.05) is 30.3 Å². The minimum absolute atomic E-state index is 0.105. The van der Waals surface area contributed by atoms with Crippen LogP contribution >= 0.6 is 0 Å². The zero-order chi connectivity index (χ0) is 13.4. The lowest BCUT2D eigenvalue weighted by molar-refractivity contribution is -0.146. The van der Waals surface area contributed by atoms with Crippen molar-refractivity contribution in [2.24, 2.45) is 0 Å². The van der Waals surface area contributed by atoms with Gasteiger partial charge in [0.05, 0.1) is 12.9 Å². The first-order chi connectivity index (χ1) is 9.20. The molecule has 0 radical (unpaired) electrons. The summed E-state index contributed by atoms with van der Waals surface area (Å²) in [5.74, 6) is -0.636. The van der Waals surface area contributed by atoms with Crippen molar-refractivity contribution in [1.29, 1.82) is 0 Å². The Kier molecular flexibility index (Phi) is 3.00. The van der Waals surface area contributed by atoms with Gasteiger partial charge in [0.15, 0.2) is 0 Å². The van der Waals surface area contributed by atoms with E-state index in [1.54, 1.807) is 19.4 Å². The maximum atomic E-state index is 11.9. The summed E-state index contributed by atoms with van der Waals surface area (Å²) in [4.78, 5) is 27.7. The minimum Gasteiger partial charge on any atom is -0.464 e. The van der Waals surface area contributed by atoms with Crippen LogP contribution in [0.1, 0.15) is 43.8 Å². The van der Waals surface area contributed by atoms with E-state index < -0.39 is 6.04 Å². The molecular weight excluding hydrogens is 246 g/mol. The molecular formula is C13H17N3O3. The number of ether oxygens (including phenoxy) is 1. The number of amides is 1. The van der Waals surface area contributed by atoms with E-state index >= 15 is 0 Å². The monoisotopic (exact) mass is 263 g/mol. The Morgan fingerprint density at radius 1 is 1.58 bits per heavy atom. The summed E-state index contributed by atoms with van der Waals surface area (Å²) in [5.41, 5.74) is 0.957. The molecule has 1 amide bonds. The number of hydrogen-bond acceptors (Lipinski definition) is 4. The molecule has 1 aromatic heterocycles. The van der Waals surface area contributed by atoms with Gasteiger partial charge < -0.3 is 14.6 Å². The van der Waals surface area contributed by atoms with Crippen molar-refractivity contribution in [3.05, 3.63) is 18.2 Å². The van der Waals surface area contributed by atoms with Crippen LogP contribution in [0.5, 0.6) is 0 Å². The number of esters is 1. The summed E-state index contributed by atoms with van der Waals surface area (Å²) < 4.78 is 7.13. The van der Waals surface area contributed by atoms with E-state index in [0.717, 1.165) is 18.5 Å². The Bertz CT molecular complexity index is 507. The number of aromatic nitrogens is 2. The van der Waals surface area contributed by atoms with Crippen LogP contribution < -0.4 is 5.32 Å². The Balaban J connectivity index is 1.86. The van der Waals surface area contributed by atoms with Crippen molar-refractivity contribution < 1.29 is 14.3 Å². The lowest BCUT2D eigenvalue weighted by Gasteiger charge is -2.18. The predicted molar refractivity (Wildman–Crippen MR) is 66.4 cm³/mol. The van der Waals surface area contributed by atoms with E-state index in [2.05, 4.69) is 14.9 Å². The molecule has 1 aliphatic heterocycles. The smallest absolute Gasteiger partial charge is 0.329 e. The quantitative estimate of drug-likeness (QED) is 0.814. The molecule has 1 N–H and O–H groups in total. The zero-order valence-corrected chi connectivity index (χ0v) is 10.8. The summed E-state index contributed by atoms with van der Waals surface area (Å²) in [5, 5.41) is 2.71. The van der Waals surface area contributed by atoms with E-state index in [1.807, 2.05) is 0 Å². The molecule has 2 fully saturated rings. The third kappa shape index (κ3) is 2.22. The fourth-order valence-corrected chi connectivity index (χ4v) is 2.64. The van der Waals surface area contributed by atoms with Crippen molar-refractivity contribution in [3.8, 4) is 0 Å². The third-order valence-corrected chi connectivity index (χ3v) is 3.68. The normalized spacial score (nSPS) is 26.3. The second-order valence-corrected chi connectivity index (χ2v) is 5.06. The molecule has 0 bridgehead atoms. The van der Waals surface area contributed by atoms with Crippen LogP contribution in [0, 0.1) is 0 Å². The van der Waals surface area contributed by atoms with Crippen molar-refractivity contribution in [2.45, 2.75) is 44.2 Å². The molecule has 2 unspecified atom stereocenters.